The normalized spacial score (nSPS) is 10.3. The highest BCUT2D eigenvalue weighted by atomic mass is 16.5. The maximum Gasteiger partial charge on any atom is 0.376 e. The van der Waals surface area contributed by atoms with E-state index in [9.17, 15) is 9.59 Å². The van der Waals surface area contributed by atoms with Crippen LogP contribution in [0.2, 0.25) is 0 Å². The Morgan fingerprint density at radius 1 is 1.26 bits per heavy atom. The van der Waals surface area contributed by atoms with Gasteiger partial charge >= 0.3 is 11.9 Å². The smallest absolute Gasteiger partial charge is 0.376 e. The lowest BCUT2D eigenvalue weighted by Gasteiger charge is -1.96. The molecule has 2 rings (SSSR count). The molecule has 2 aromatic rings. The second kappa shape index (κ2) is 4.92. The SMILES string of the molecule is COC(=O)c1nc(-c2cnn(C)c2)oc1C(=O)OC. The molecule has 0 saturated carbocycles. The van der Waals surface area contributed by atoms with Gasteiger partial charge in [0.2, 0.25) is 17.3 Å². The van der Waals surface area contributed by atoms with Gasteiger partial charge in [-0.15, -0.1) is 0 Å². The summed E-state index contributed by atoms with van der Waals surface area (Å²) in [4.78, 5) is 27.0. The Morgan fingerprint density at radius 2 is 1.95 bits per heavy atom. The molecule has 0 radical (unpaired) electrons. The molecular formula is C11H11N3O5. The fourth-order valence-corrected chi connectivity index (χ4v) is 1.44. The molecule has 0 saturated heterocycles. The summed E-state index contributed by atoms with van der Waals surface area (Å²) < 4.78 is 15.8. The largest absolute Gasteiger partial charge is 0.464 e. The molecule has 0 aromatic carbocycles. The topological polar surface area (TPSA) is 96.5 Å². The zero-order valence-electron chi connectivity index (χ0n) is 10.5. The van der Waals surface area contributed by atoms with Crippen LogP contribution in [0, 0.1) is 0 Å². The van der Waals surface area contributed by atoms with Crippen LogP contribution in [-0.4, -0.2) is 40.9 Å². The number of carbonyl (C=O) groups is 2. The van der Waals surface area contributed by atoms with Crippen molar-refractivity contribution in [2.75, 3.05) is 14.2 Å². The summed E-state index contributed by atoms with van der Waals surface area (Å²) in [5.41, 5.74) is 0.302. The third-order valence-electron chi connectivity index (χ3n) is 2.33. The molecule has 2 heterocycles. The number of nitrogens with zero attached hydrogens (tertiary/aromatic N) is 3. The number of ether oxygens (including phenoxy) is 2. The van der Waals surface area contributed by atoms with E-state index in [1.54, 1.807) is 13.2 Å². The molecule has 0 fully saturated rings. The lowest BCUT2D eigenvalue weighted by molar-refractivity contribution is 0.0527. The van der Waals surface area contributed by atoms with E-state index >= 15 is 0 Å². The summed E-state index contributed by atoms with van der Waals surface area (Å²) in [6.07, 6.45) is 3.13. The Hall–Kier alpha value is -2.64. The van der Waals surface area contributed by atoms with Crippen LogP contribution in [0.25, 0.3) is 11.5 Å². The highest BCUT2D eigenvalue weighted by molar-refractivity contribution is 6.00. The molecule has 19 heavy (non-hydrogen) atoms. The number of hydrogen-bond acceptors (Lipinski definition) is 7. The van der Waals surface area contributed by atoms with Gasteiger partial charge in [0, 0.05) is 13.2 Å². The Labute approximate surface area is 107 Å². The molecule has 0 atom stereocenters. The lowest BCUT2D eigenvalue weighted by atomic mass is 10.3. The van der Waals surface area contributed by atoms with Gasteiger partial charge in [-0.2, -0.15) is 5.10 Å². The van der Waals surface area contributed by atoms with Crippen molar-refractivity contribution in [2.24, 2.45) is 7.05 Å². The second-order valence-corrected chi connectivity index (χ2v) is 3.58. The molecule has 0 spiro atoms. The Balaban J connectivity index is 2.51. The molecule has 0 bridgehead atoms. The van der Waals surface area contributed by atoms with E-state index in [1.807, 2.05) is 0 Å². The van der Waals surface area contributed by atoms with Gasteiger partial charge in [-0.3, -0.25) is 4.68 Å². The molecular weight excluding hydrogens is 254 g/mol. The van der Waals surface area contributed by atoms with Crippen LogP contribution in [0.5, 0.6) is 0 Å². The Bertz CT molecular complexity index is 595. The molecule has 0 amide bonds. The van der Waals surface area contributed by atoms with Crippen LogP contribution in [-0.2, 0) is 16.5 Å². The minimum atomic E-state index is -0.803. The third kappa shape index (κ3) is 2.32. The molecule has 0 aliphatic heterocycles. The standard InChI is InChI=1S/C11H11N3O5/c1-14-5-6(4-12-14)9-13-7(10(15)17-2)8(19-9)11(16)18-3/h4-5H,1-3H3. The summed E-state index contributed by atoms with van der Waals surface area (Å²) in [6.45, 7) is 0. The average molecular weight is 265 g/mol. The summed E-state index contributed by atoms with van der Waals surface area (Å²) in [6, 6.07) is 0. The van der Waals surface area contributed by atoms with Crippen LogP contribution < -0.4 is 0 Å². The van der Waals surface area contributed by atoms with Gasteiger partial charge in [-0.25, -0.2) is 14.6 Å². The number of methoxy groups -OCH3 is 2. The van der Waals surface area contributed by atoms with Crippen LogP contribution in [0.1, 0.15) is 21.0 Å². The predicted molar refractivity (Wildman–Crippen MR) is 61.4 cm³/mol. The van der Waals surface area contributed by atoms with Gasteiger partial charge in [0.1, 0.15) is 0 Å². The number of rotatable bonds is 3. The van der Waals surface area contributed by atoms with Gasteiger partial charge < -0.3 is 13.9 Å². The van der Waals surface area contributed by atoms with Gasteiger partial charge in [0.05, 0.1) is 26.0 Å². The van der Waals surface area contributed by atoms with Crippen LogP contribution >= 0.6 is 0 Å². The lowest BCUT2D eigenvalue weighted by Crippen LogP contribution is -2.10. The van der Waals surface area contributed by atoms with Crippen molar-refractivity contribution in [1.82, 2.24) is 14.8 Å². The third-order valence-corrected chi connectivity index (χ3v) is 2.33. The van der Waals surface area contributed by atoms with Gasteiger partial charge in [0.25, 0.3) is 0 Å². The first-order chi connectivity index (χ1) is 9.06. The zero-order valence-corrected chi connectivity index (χ0v) is 10.5. The quantitative estimate of drug-likeness (QED) is 0.751. The minimum absolute atomic E-state index is 0.0916. The van der Waals surface area contributed by atoms with Crippen molar-refractivity contribution in [1.29, 1.82) is 0 Å². The van der Waals surface area contributed by atoms with E-state index in [0.717, 1.165) is 0 Å². The predicted octanol–water partition coefficient (Wildman–Crippen LogP) is 0.648. The highest BCUT2D eigenvalue weighted by Crippen LogP contribution is 2.22. The zero-order chi connectivity index (χ0) is 14.0. The molecule has 0 N–H and O–H groups in total. The van der Waals surface area contributed by atoms with Crippen LogP contribution in [0.3, 0.4) is 0 Å². The van der Waals surface area contributed by atoms with Crippen molar-refractivity contribution in [3.05, 3.63) is 23.8 Å². The average Bonchev–Trinajstić information content (AvgIpc) is 3.02. The molecule has 8 heteroatoms. The number of aromatic nitrogens is 3. The van der Waals surface area contributed by atoms with E-state index in [-0.39, 0.29) is 17.3 Å². The fraction of sp³-hybridized carbons (Fsp3) is 0.273. The number of esters is 2. The highest BCUT2D eigenvalue weighted by Gasteiger charge is 2.27. The maximum absolute atomic E-state index is 11.5. The summed E-state index contributed by atoms with van der Waals surface area (Å²) in [5.74, 6) is -1.79. The number of aryl methyl sites for hydroxylation is 1. The molecule has 100 valence electrons. The summed E-state index contributed by atoms with van der Waals surface area (Å²) in [7, 11) is 4.08. The first-order valence-corrected chi connectivity index (χ1v) is 5.23. The number of hydrogen-bond donors (Lipinski definition) is 0. The molecule has 2 aromatic heterocycles. The number of oxazole rings is 1. The van der Waals surface area contributed by atoms with E-state index in [1.165, 1.54) is 25.1 Å². The fourth-order valence-electron chi connectivity index (χ4n) is 1.44. The van der Waals surface area contributed by atoms with Crippen molar-refractivity contribution >= 4 is 11.9 Å². The first kappa shape index (κ1) is 12.8. The van der Waals surface area contributed by atoms with Crippen LogP contribution in [0.15, 0.2) is 16.8 Å². The van der Waals surface area contributed by atoms with Gasteiger partial charge in [0.15, 0.2) is 0 Å². The Kier molecular flexibility index (Phi) is 3.32. The minimum Gasteiger partial charge on any atom is -0.464 e. The van der Waals surface area contributed by atoms with E-state index in [4.69, 9.17) is 4.42 Å². The van der Waals surface area contributed by atoms with Gasteiger partial charge in [-0.1, -0.05) is 0 Å². The maximum atomic E-state index is 11.5. The van der Waals surface area contributed by atoms with Crippen molar-refractivity contribution in [3.63, 3.8) is 0 Å². The summed E-state index contributed by atoms with van der Waals surface area (Å²) >= 11 is 0. The first-order valence-electron chi connectivity index (χ1n) is 5.23. The molecule has 8 nitrogen and oxygen atoms in total. The molecule has 0 aliphatic carbocycles. The Morgan fingerprint density at radius 3 is 2.47 bits per heavy atom. The molecule has 0 unspecified atom stereocenters. The van der Waals surface area contributed by atoms with Crippen molar-refractivity contribution in [3.8, 4) is 11.5 Å². The monoisotopic (exact) mass is 265 g/mol. The van der Waals surface area contributed by atoms with E-state index in [0.29, 0.717) is 5.56 Å². The van der Waals surface area contributed by atoms with Crippen LogP contribution in [0.4, 0.5) is 0 Å². The molecule has 0 aliphatic rings. The second-order valence-electron chi connectivity index (χ2n) is 3.58. The van der Waals surface area contributed by atoms with Gasteiger partial charge in [-0.05, 0) is 0 Å². The van der Waals surface area contributed by atoms with E-state index < -0.39 is 11.9 Å². The van der Waals surface area contributed by atoms with Crippen molar-refractivity contribution < 1.29 is 23.5 Å². The summed E-state index contributed by atoms with van der Waals surface area (Å²) in [5, 5.41) is 3.95. The van der Waals surface area contributed by atoms with Crippen molar-refractivity contribution in [2.45, 2.75) is 0 Å². The van der Waals surface area contributed by atoms with E-state index in [2.05, 4.69) is 19.6 Å². The number of carbonyl (C=O) groups excluding carboxylic acids is 2.